The van der Waals surface area contributed by atoms with Gasteiger partial charge in [-0.05, 0) is 49.2 Å². The number of pyridine rings is 1. The summed E-state index contributed by atoms with van der Waals surface area (Å²) in [5.41, 5.74) is 1.36. The van der Waals surface area contributed by atoms with Gasteiger partial charge in [-0.25, -0.2) is 4.79 Å². The molecule has 1 amide bonds. The summed E-state index contributed by atoms with van der Waals surface area (Å²) in [5.74, 6) is 2.45. The maximum Gasteiger partial charge on any atom is 0.411 e. The Hall–Kier alpha value is -3.48. The van der Waals surface area contributed by atoms with E-state index in [2.05, 4.69) is 10.3 Å². The van der Waals surface area contributed by atoms with Crippen molar-refractivity contribution >= 4 is 22.7 Å². The van der Waals surface area contributed by atoms with E-state index in [1.165, 1.54) is 0 Å². The first kappa shape index (κ1) is 21.2. The summed E-state index contributed by atoms with van der Waals surface area (Å²) in [5, 5.41) is 3.53. The number of aromatic nitrogens is 1. The quantitative estimate of drug-likeness (QED) is 0.507. The van der Waals surface area contributed by atoms with Crippen LogP contribution in [0.5, 0.6) is 23.0 Å². The summed E-state index contributed by atoms with van der Waals surface area (Å²) in [6.07, 6.45) is 2.70. The van der Waals surface area contributed by atoms with Gasteiger partial charge in [0.2, 0.25) is 0 Å². The highest BCUT2D eigenvalue weighted by atomic mass is 16.6. The minimum Gasteiger partial charge on any atom is -0.493 e. The molecule has 0 fully saturated rings. The lowest BCUT2D eigenvalue weighted by Crippen LogP contribution is -2.21. The maximum absolute atomic E-state index is 12.0. The van der Waals surface area contributed by atoms with Crippen molar-refractivity contribution in [1.29, 1.82) is 0 Å². The number of hydrogen-bond donors (Lipinski definition) is 1. The van der Waals surface area contributed by atoms with Gasteiger partial charge in [0.1, 0.15) is 17.6 Å². The fraction of sp³-hybridized carbons (Fsp3) is 0.304. The predicted octanol–water partition coefficient (Wildman–Crippen LogP) is 5.78. The summed E-state index contributed by atoms with van der Waals surface area (Å²) in [6, 6.07) is 12.5. The van der Waals surface area contributed by atoms with Crippen LogP contribution in [0.2, 0.25) is 0 Å². The molecule has 0 aliphatic carbocycles. The first-order chi connectivity index (χ1) is 14.6. The number of amides is 1. The molecule has 2 aromatic carbocycles. The molecule has 1 heterocycles. The van der Waals surface area contributed by atoms with Crippen LogP contribution in [0.25, 0.3) is 10.9 Å². The summed E-state index contributed by atoms with van der Waals surface area (Å²) in [7, 11) is 3.17. The molecule has 0 unspecified atom stereocenters. The van der Waals surface area contributed by atoms with Crippen LogP contribution in [0.15, 0.2) is 48.7 Å². The van der Waals surface area contributed by atoms with Crippen molar-refractivity contribution in [3.8, 4) is 23.0 Å². The van der Waals surface area contributed by atoms with Crippen LogP contribution in [-0.4, -0.2) is 31.4 Å². The molecule has 0 saturated carbocycles. The van der Waals surface area contributed by atoms with Gasteiger partial charge in [0.05, 0.1) is 19.7 Å². The van der Waals surface area contributed by atoms with Crippen molar-refractivity contribution in [2.24, 2.45) is 0 Å². The Kier molecular flexibility index (Phi) is 6.95. The van der Waals surface area contributed by atoms with E-state index < -0.39 is 6.09 Å². The molecule has 0 radical (unpaired) electrons. The van der Waals surface area contributed by atoms with Gasteiger partial charge in [-0.3, -0.25) is 10.3 Å². The number of hydrogen-bond acceptors (Lipinski definition) is 6. The molecule has 0 saturated heterocycles. The summed E-state index contributed by atoms with van der Waals surface area (Å²) in [6.45, 7) is 3.98. The molecule has 3 aromatic rings. The number of benzene rings is 2. The molecule has 3 rings (SSSR count). The molecule has 7 heteroatoms. The van der Waals surface area contributed by atoms with Gasteiger partial charge >= 0.3 is 6.09 Å². The molecular weight excluding hydrogens is 384 g/mol. The lowest BCUT2D eigenvalue weighted by Gasteiger charge is -2.15. The van der Waals surface area contributed by atoms with E-state index >= 15 is 0 Å². The van der Waals surface area contributed by atoms with E-state index in [4.69, 9.17) is 18.9 Å². The van der Waals surface area contributed by atoms with Crippen molar-refractivity contribution in [3.63, 3.8) is 0 Å². The monoisotopic (exact) mass is 410 g/mol. The van der Waals surface area contributed by atoms with E-state index in [0.717, 1.165) is 23.7 Å². The molecule has 0 aliphatic heterocycles. The molecule has 1 N–H and O–H groups in total. The Bertz CT molecular complexity index is 1000. The van der Waals surface area contributed by atoms with Crippen molar-refractivity contribution in [1.82, 2.24) is 4.98 Å². The summed E-state index contributed by atoms with van der Waals surface area (Å²) < 4.78 is 22.1. The van der Waals surface area contributed by atoms with Crippen LogP contribution in [0.4, 0.5) is 10.5 Å². The second-order valence-corrected chi connectivity index (χ2v) is 6.63. The zero-order valence-corrected chi connectivity index (χ0v) is 17.6. The lowest BCUT2D eigenvalue weighted by molar-refractivity contribution is 0.106. The average molecular weight is 410 g/mol. The van der Waals surface area contributed by atoms with Gasteiger partial charge in [-0.1, -0.05) is 13.8 Å². The Morgan fingerprint density at radius 3 is 2.27 bits per heavy atom. The van der Waals surface area contributed by atoms with Gasteiger partial charge in [-0.2, -0.15) is 0 Å². The number of nitrogens with one attached hydrogen (secondary N) is 1. The molecule has 1 aromatic heterocycles. The molecular formula is C23H26N2O5. The number of methoxy groups -OCH3 is 2. The number of anilines is 1. The standard InChI is InChI=1S/C23H26N2O5/c1-5-16(6-2)30-23(26)25-15-7-9-17(10-8-15)29-20-11-12-24-19-14-22(28-4)21(27-3)13-18(19)20/h7-14,16H,5-6H2,1-4H3,(H,25,26). The van der Waals surface area contributed by atoms with Gasteiger partial charge in [0.25, 0.3) is 0 Å². The number of rotatable bonds is 8. The zero-order valence-electron chi connectivity index (χ0n) is 17.6. The lowest BCUT2D eigenvalue weighted by atomic mass is 10.2. The van der Waals surface area contributed by atoms with E-state index in [1.807, 2.05) is 19.9 Å². The minimum absolute atomic E-state index is 0.0804. The minimum atomic E-state index is -0.460. The molecule has 0 bridgehead atoms. The van der Waals surface area contributed by atoms with Crippen molar-refractivity contribution in [3.05, 3.63) is 48.7 Å². The molecule has 0 aliphatic rings. The zero-order chi connectivity index (χ0) is 21.5. The van der Waals surface area contributed by atoms with Crippen molar-refractivity contribution < 1.29 is 23.7 Å². The maximum atomic E-state index is 12.0. The Morgan fingerprint density at radius 2 is 1.63 bits per heavy atom. The predicted molar refractivity (Wildman–Crippen MR) is 116 cm³/mol. The van der Waals surface area contributed by atoms with Gasteiger partial charge in [0, 0.05) is 23.3 Å². The number of nitrogens with zero attached hydrogens (tertiary/aromatic N) is 1. The molecule has 0 atom stereocenters. The van der Waals surface area contributed by atoms with Crippen LogP contribution in [0, 0.1) is 0 Å². The van der Waals surface area contributed by atoms with Gasteiger partial charge < -0.3 is 18.9 Å². The SMILES string of the molecule is CCC(CC)OC(=O)Nc1ccc(Oc2ccnc3cc(OC)c(OC)cc23)cc1. The smallest absolute Gasteiger partial charge is 0.411 e. The highest BCUT2D eigenvalue weighted by Gasteiger charge is 2.12. The Morgan fingerprint density at radius 1 is 0.967 bits per heavy atom. The number of ether oxygens (including phenoxy) is 4. The molecule has 7 nitrogen and oxygen atoms in total. The third-order valence-corrected chi connectivity index (χ3v) is 4.72. The average Bonchev–Trinajstić information content (AvgIpc) is 2.78. The van der Waals surface area contributed by atoms with Crippen molar-refractivity contribution in [2.75, 3.05) is 19.5 Å². The first-order valence-electron chi connectivity index (χ1n) is 9.84. The highest BCUT2D eigenvalue weighted by molar-refractivity contribution is 5.88. The van der Waals surface area contributed by atoms with Crippen LogP contribution in [0.1, 0.15) is 26.7 Å². The molecule has 158 valence electrons. The van der Waals surface area contributed by atoms with Gasteiger partial charge in [-0.15, -0.1) is 0 Å². The van der Waals surface area contributed by atoms with E-state index in [9.17, 15) is 4.79 Å². The normalized spacial score (nSPS) is 10.7. The van der Waals surface area contributed by atoms with Crippen LogP contribution >= 0.6 is 0 Å². The second-order valence-electron chi connectivity index (χ2n) is 6.63. The second kappa shape index (κ2) is 9.82. The largest absolute Gasteiger partial charge is 0.493 e. The number of fused-ring (bicyclic) bond motifs is 1. The third-order valence-electron chi connectivity index (χ3n) is 4.72. The Labute approximate surface area is 175 Å². The summed E-state index contributed by atoms with van der Waals surface area (Å²) in [4.78, 5) is 16.4. The molecule has 30 heavy (non-hydrogen) atoms. The first-order valence-corrected chi connectivity index (χ1v) is 9.84. The number of carbonyl (C=O) groups is 1. The Balaban J connectivity index is 1.75. The highest BCUT2D eigenvalue weighted by Crippen LogP contribution is 2.36. The van der Waals surface area contributed by atoms with Crippen LogP contribution < -0.4 is 19.5 Å². The van der Waals surface area contributed by atoms with E-state index in [0.29, 0.717) is 28.7 Å². The number of carbonyl (C=O) groups excluding carboxylic acids is 1. The van der Waals surface area contributed by atoms with Gasteiger partial charge in [0.15, 0.2) is 11.5 Å². The van der Waals surface area contributed by atoms with Crippen LogP contribution in [-0.2, 0) is 4.74 Å². The third kappa shape index (κ3) is 4.92. The van der Waals surface area contributed by atoms with Crippen molar-refractivity contribution in [2.45, 2.75) is 32.8 Å². The molecule has 0 spiro atoms. The fourth-order valence-corrected chi connectivity index (χ4v) is 3.02. The van der Waals surface area contributed by atoms with E-state index in [-0.39, 0.29) is 6.10 Å². The summed E-state index contributed by atoms with van der Waals surface area (Å²) >= 11 is 0. The topological polar surface area (TPSA) is 78.9 Å². The van der Waals surface area contributed by atoms with E-state index in [1.54, 1.807) is 56.8 Å². The fourth-order valence-electron chi connectivity index (χ4n) is 3.02. The van der Waals surface area contributed by atoms with Crippen LogP contribution in [0.3, 0.4) is 0 Å².